The van der Waals surface area contributed by atoms with Crippen molar-refractivity contribution < 1.29 is 13.9 Å². The first-order valence-electron chi connectivity index (χ1n) is 8.21. The lowest BCUT2D eigenvalue weighted by molar-refractivity contribution is 0.00717. The van der Waals surface area contributed by atoms with Crippen LogP contribution in [0.1, 0.15) is 44.5 Å². The summed E-state index contributed by atoms with van der Waals surface area (Å²) in [5.74, 6) is -0.371. The van der Waals surface area contributed by atoms with Crippen molar-refractivity contribution in [3.8, 4) is 0 Å². The molecule has 0 spiro atoms. The van der Waals surface area contributed by atoms with Gasteiger partial charge in [0.2, 0.25) is 0 Å². The number of benzene rings is 1. The highest BCUT2D eigenvalue weighted by Crippen LogP contribution is 2.31. The zero-order valence-corrected chi connectivity index (χ0v) is 14.6. The van der Waals surface area contributed by atoms with Crippen molar-refractivity contribution in [3.05, 3.63) is 36.0 Å². The maximum Gasteiger partial charge on any atom is 0.339 e. The molecule has 4 nitrogen and oxygen atoms in total. The molecule has 24 heavy (non-hydrogen) atoms. The Hall–Kier alpha value is -2.17. The average molecular weight is 330 g/mol. The largest absolute Gasteiger partial charge is 0.456 e. The third-order valence-electron chi connectivity index (χ3n) is 4.13. The molecule has 2 heterocycles. The molecule has 0 aliphatic carbocycles. The van der Waals surface area contributed by atoms with Gasteiger partial charge in [0.1, 0.15) is 11.3 Å². The SMILES string of the molecule is CC(C)(C)OC(=O)c1ccnc2ccc(N3CC[C@@](C)(F)C3)cc12. The number of rotatable bonds is 2. The van der Waals surface area contributed by atoms with E-state index in [-0.39, 0.29) is 5.97 Å². The first-order valence-corrected chi connectivity index (χ1v) is 8.21. The number of alkyl halides is 1. The molecule has 0 amide bonds. The fourth-order valence-electron chi connectivity index (χ4n) is 2.99. The predicted octanol–water partition coefficient (Wildman–Crippen LogP) is 4.13. The molecule has 0 N–H and O–H groups in total. The number of esters is 1. The Labute approximate surface area is 141 Å². The number of carbonyl (C=O) groups excluding carboxylic acids is 1. The van der Waals surface area contributed by atoms with Crippen LogP contribution in [0.4, 0.5) is 10.1 Å². The standard InChI is InChI=1S/C19H23FN2O2/c1-18(2,3)24-17(23)14-7-9-21-16-6-5-13(11-15(14)16)22-10-8-19(4,20)12-22/h5-7,9,11H,8,10,12H2,1-4H3/t19-/m1/s1. The van der Waals surface area contributed by atoms with E-state index in [1.165, 1.54) is 0 Å². The van der Waals surface area contributed by atoms with Gasteiger partial charge in [-0.15, -0.1) is 0 Å². The van der Waals surface area contributed by atoms with E-state index in [1.807, 2.05) is 43.9 Å². The summed E-state index contributed by atoms with van der Waals surface area (Å²) in [5.41, 5.74) is 0.387. The molecule has 0 radical (unpaired) electrons. The Kier molecular flexibility index (Phi) is 3.98. The maximum absolute atomic E-state index is 14.1. The molecule has 0 bridgehead atoms. The predicted molar refractivity (Wildman–Crippen MR) is 93.3 cm³/mol. The molecule has 1 aliphatic rings. The Morgan fingerprint density at radius 1 is 1.33 bits per heavy atom. The molecular formula is C19H23FN2O2. The number of ether oxygens (including phenoxy) is 1. The Balaban J connectivity index is 1.99. The number of hydrogen-bond donors (Lipinski definition) is 0. The van der Waals surface area contributed by atoms with E-state index in [9.17, 15) is 9.18 Å². The normalized spacial score (nSPS) is 21.3. The van der Waals surface area contributed by atoms with Crippen molar-refractivity contribution in [2.24, 2.45) is 0 Å². The van der Waals surface area contributed by atoms with Gasteiger partial charge in [-0.05, 0) is 52.0 Å². The van der Waals surface area contributed by atoms with Crippen LogP contribution in [0.3, 0.4) is 0 Å². The number of nitrogens with zero attached hydrogens (tertiary/aromatic N) is 2. The highest BCUT2D eigenvalue weighted by atomic mass is 19.1. The van der Waals surface area contributed by atoms with Gasteiger partial charge >= 0.3 is 5.97 Å². The molecule has 2 aromatic rings. The van der Waals surface area contributed by atoms with Gasteiger partial charge in [0.15, 0.2) is 0 Å². The van der Waals surface area contributed by atoms with E-state index in [2.05, 4.69) is 4.98 Å². The summed E-state index contributed by atoms with van der Waals surface area (Å²) in [6.45, 7) is 8.17. The van der Waals surface area contributed by atoms with Gasteiger partial charge in [0.25, 0.3) is 0 Å². The van der Waals surface area contributed by atoms with Crippen molar-refractivity contribution in [2.45, 2.75) is 45.4 Å². The smallest absolute Gasteiger partial charge is 0.339 e. The number of pyridine rings is 1. The number of halogens is 1. The van der Waals surface area contributed by atoms with Crippen molar-refractivity contribution in [2.75, 3.05) is 18.0 Å². The lowest BCUT2D eigenvalue weighted by Crippen LogP contribution is -2.26. The number of aromatic nitrogens is 1. The molecule has 128 valence electrons. The van der Waals surface area contributed by atoms with Crippen LogP contribution in [0.25, 0.3) is 10.9 Å². The van der Waals surface area contributed by atoms with Crippen molar-refractivity contribution in [1.29, 1.82) is 0 Å². The van der Waals surface area contributed by atoms with Gasteiger partial charge in [0, 0.05) is 30.2 Å². The van der Waals surface area contributed by atoms with E-state index >= 15 is 0 Å². The summed E-state index contributed by atoms with van der Waals surface area (Å²) in [5, 5.41) is 0.733. The third kappa shape index (κ3) is 3.50. The molecule has 1 fully saturated rings. The van der Waals surface area contributed by atoms with Gasteiger partial charge in [-0.25, -0.2) is 9.18 Å². The first-order chi connectivity index (χ1) is 11.1. The monoisotopic (exact) mass is 330 g/mol. The number of fused-ring (bicyclic) bond motifs is 1. The third-order valence-corrected chi connectivity index (χ3v) is 4.13. The Bertz CT molecular complexity index is 781. The molecule has 1 aromatic heterocycles. The quantitative estimate of drug-likeness (QED) is 0.777. The fourth-order valence-corrected chi connectivity index (χ4v) is 2.99. The number of hydrogen-bond acceptors (Lipinski definition) is 4. The Morgan fingerprint density at radius 3 is 2.71 bits per heavy atom. The highest BCUT2D eigenvalue weighted by Gasteiger charge is 2.33. The lowest BCUT2D eigenvalue weighted by atomic mass is 10.1. The van der Waals surface area contributed by atoms with E-state index in [0.29, 0.717) is 25.1 Å². The first kappa shape index (κ1) is 16.7. The van der Waals surface area contributed by atoms with E-state index in [4.69, 9.17) is 4.74 Å². The summed E-state index contributed by atoms with van der Waals surface area (Å²) in [6, 6.07) is 7.37. The van der Waals surface area contributed by atoms with E-state index in [0.717, 1.165) is 16.6 Å². The topological polar surface area (TPSA) is 42.4 Å². The molecule has 3 rings (SSSR count). The maximum atomic E-state index is 14.1. The minimum atomic E-state index is -1.17. The molecule has 1 saturated heterocycles. The van der Waals surface area contributed by atoms with Crippen LogP contribution in [0, 0.1) is 0 Å². The van der Waals surface area contributed by atoms with Crippen molar-refractivity contribution in [3.63, 3.8) is 0 Å². The van der Waals surface area contributed by atoms with Crippen LogP contribution in [0.5, 0.6) is 0 Å². The number of anilines is 1. The summed E-state index contributed by atoms with van der Waals surface area (Å²) < 4.78 is 19.6. The molecule has 5 heteroatoms. The minimum Gasteiger partial charge on any atom is -0.456 e. The number of carbonyl (C=O) groups is 1. The molecular weight excluding hydrogens is 307 g/mol. The zero-order valence-electron chi connectivity index (χ0n) is 14.6. The molecule has 0 saturated carbocycles. The van der Waals surface area contributed by atoms with Crippen molar-refractivity contribution >= 4 is 22.6 Å². The summed E-state index contributed by atoms with van der Waals surface area (Å²) in [6.07, 6.45) is 2.12. The second-order valence-electron chi connectivity index (χ2n) is 7.65. The summed E-state index contributed by atoms with van der Waals surface area (Å²) in [7, 11) is 0. The van der Waals surface area contributed by atoms with Crippen LogP contribution in [0.2, 0.25) is 0 Å². The van der Waals surface area contributed by atoms with Gasteiger partial charge in [-0.1, -0.05) is 0 Å². The fraction of sp³-hybridized carbons (Fsp3) is 0.474. The molecule has 1 atom stereocenters. The van der Waals surface area contributed by atoms with Crippen molar-refractivity contribution in [1.82, 2.24) is 4.98 Å². The van der Waals surface area contributed by atoms with Crippen LogP contribution in [-0.4, -0.2) is 35.3 Å². The Morgan fingerprint density at radius 2 is 2.08 bits per heavy atom. The molecule has 1 aliphatic heterocycles. The van der Waals surface area contributed by atoms with Crippen LogP contribution in [-0.2, 0) is 4.74 Å². The van der Waals surface area contributed by atoms with Crippen LogP contribution >= 0.6 is 0 Å². The molecule has 0 unspecified atom stereocenters. The summed E-state index contributed by atoms with van der Waals surface area (Å²) >= 11 is 0. The minimum absolute atomic E-state index is 0.362. The van der Waals surface area contributed by atoms with Crippen LogP contribution in [0.15, 0.2) is 30.5 Å². The van der Waals surface area contributed by atoms with Gasteiger partial charge < -0.3 is 9.64 Å². The van der Waals surface area contributed by atoms with Gasteiger partial charge in [-0.3, -0.25) is 4.98 Å². The molecule has 1 aromatic carbocycles. The summed E-state index contributed by atoms with van der Waals surface area (Å²) in [4.78, 5) is 18.8. The lowest BCUT2D eigenvalue weighted by Gasteiger charge is -2.21. The van der Waals surface area contributed by atoms with E-state index in [1.54, 1.807) is 19.2 Å². The second-order valence-corrected chi connectivity index (χ2v) is 7.65. The van der Waals surface area contributed by atoms with Gasteiger partial charge in [-0.2, -0.15) is 0 Å². The van der Waals surface area contributed by atoms with Crippen LogP contribution < -0.4 is 4.90 Å². The highest BCUT2D eigenvalue weighted by molar-refractivity contribution is 6.04. The zero-order chi connectivity index (χ0) is 17.5. The second kappa shape index (κ2) is 5.72. The van der Waals surface area contributed by atoms with E-state index < -0.39 is 11.3 Å². The van der Waals surface area contributed by atoms with Gasteiger partial charge in [0.05, 0.1) is 17.6 Å². The average Bonchev–Trinajstić information content (AvgIpc) is 2.84.